The van der Waals surface area contributed by atoms with E-state index in [1.165, 1.54) is 0 Å². The Morgan fingerprint density at radius 1 is 1.28 bits per heavy atom. The first kappa shape index (κ1) is 17.6. The van der Waals surface area contributed by atoms with Crippen LogP contribution >= 0.6 is 12.6 Å². The predicted molar refractivity (Wildman–Crippen MR) is 72.1 cm³/mol. The quantitative estimate of drug-likeness (QED) is 0.391. The van der Waals surface area contributed by atoms with Gasteiger partial charge in [0, 0.05) is 12.6 Å². The molecule has 18 heavy (non-hydrogen) atoms. The Kier molecular flexibility index (Phi) is 11.5. The van der Waals surface area contributed by atoms with E-state index in [1.807, 2.05) is 0 Å². The third kappa shape index (κ3) is 13.7. The van der Waals surface area contributed by atoms with E-state index in [2.05, 4.69) is 37.1 Å². The standard InChI is InChI=1S/C11H23FN2O3S/c1-9(2)13-3-4-16-5-6-17-8-10(12)7-14-11(15)18/h9-10,13H,3-8H2,1-2H3,(H2,14,15,18). The average molecular weight is 282 g/mol. The number of ether oxygens (including phenoxy) is 2. The lowest BCUT2D eigenvalue weighted by atomic mass is 10.4. The lowest BCUT2D eigenvalue weighted by molar-refractivity contribution is 0.0274. The fourth-order valence-corrected chi connectivity index (χ4v) is 1.20. The summed E-state index contributed by atoms with van der Waals surface area (Å²) in [5.41, 5.74) is 0. The summed E-state index contributed by atoms with van der Waals surface area (Å²) in [5.74, 6) is 0. The van der Waals surface area contributed by atoms with Crippen LogP contribution in [0.5, 0.6) is 0 Å². The minimum absolute atomic E-state index is 0.0539. The first-order chi connectivity index (χ1) is 8.52. The fraction of sp³-hybridized carbons (Fsp3) is 0.909. The van der Waals surface area contributed by atoms with Crippen molar-refractivity contribution in [3.63, 3.8) is 0 Å². The van der Waals surface area contributed by atoms with Crippen molar-refractivity contribution in [2.75, 3.05) is 39.5 Å². The lowest BCUT2D eigenvalue weighted by Crippen LogP contribution is -2.29. The molecular weight excluding hydrogens is 259 g/mol. The van der Waals surface area contributed by atoms with Gasteiger partial charge in [-0.25, -0.2) is 4.39 Å². The van der Waals surface area contributed by atoms with E-state index >= 15 is 0 Å². The van der Waals surface area contributed by atoms with E-state index in [1.54, 1.807) is 0 Å². The Morgan fingerprint density at radius 3 is 2.56 bits per heavy atom. The summed E-state index contributed by atoms with van der Waals surface area (Å²) in [6.07, 6.45) is -1.22. The second-order valence-electron chi connectivity index (χ2n) is 4.08. The fourth-order valence-electron chi connectivity index (χ4n) is 1.11. The molecule has 7 heteroatoms. The molecule has 0 heterocycles. The normalized spacial score (nSPS) is 12.7. The van der Waals surface area contributed by atoms with Gasteiger partial charge < -0.3 is 20.1 Å². The van der Waals surface area contributed by atoms with Crippen LogP contribution in [0.25, 0.3) is 0 Å². The molecule has 0 rings (SSSR count). The van der Waals surface area contributed by atoms with Gasteiger partial charge in [-0.05, 0) is 0 Å². The summed E-state index contributed by atoms with van der Waals surface area (Å²) in [5, 5.41) is 4.92. The molecule has 0 saturated carbocycles. The largest absolute Gasteiger partial charge is 0.378 e. The maximum Gasteiger partial charge on any atom is 0.276 e. The van der Waals surface area contributed by atoms with Gasteiger partial charge in [0.1, 0.15) is 6.17 Å². The van der Waals surface area contributed by atoms with E-state index in [9.17, 15) is 9.18 Å². The molecule has 1 atom stereocenters. The predicted octanol–water partition coefficient (Wildman–Crippen LogP) is 0.995. The molecule has 5 nitrogen and oxygen atoms in total. The topological polar surface area (TPSA) is 59.6 Å². The first-order valence-corrected chi connectivity index (χ1v) is 6.46. The number of rotatable bonds is 11. The molecule has 0 saturated heterocycles. The Morgan fingerprint density at radius 2 is 1.94 bits per heavy atom. The molecule has 0 radical (unpaired) electrons. The van der Waals surface area contributed by atoms with E-state index in [0.717, 1.165) is 6.54 Å². The summed E-state index contributed by atoms with van der Waals surface area (Å²) in [6, 6.07) is 0.444. The second-order valence-corrected chi connectivity index (χ2v) is 4.49. The Bertz CT molecular complexity index is 220. The first-order valence-electron chi connectivity index (χ1n) is 6.02. The number of carbonyl (C=O) groups is 1. The van der Waals surface area contributed by atoms with Crippen LogP contribution in [-0.2, 0) is 9.47 Å². The van der Waals surface area contributed by atoms with Crippen molar-refractivity contribution >= 4 is 17.9 Å². The van der Waals surface area contributed by atoms with Crippen molar-refractivity contribution in [2.45, 2.75) is 26.1 Å². The number of carbonyl (C=O) groups excluding carboxylic acids is 1. The maximum absolute atomic E-state index is 13.1. The van der Waals surface area contributed by atoms with Gasteiger partial charge in [-0.2, -0.15) is 0 Å². The summed E-state index contributed by atoms with van der Waals surface area (Å²) >= 11 is 3.46. The van der Waals surface area contributed by atoms with Crippen molar-refractivity contribution in [3.8, 4) is 0 Å². The van der Waals surface area contributed by atoms with Crippen LogP contribution in [0.2, 0.25) is 0 Å². The molecule has 0 aromatic rings. The Hall–Kier alpha value is -0.370. The zero-order valence-corrected chi connectivity index (χ0v) is 11.8. The van der Waals surface area contributed by atoms with Crippen molar-refractivity contribution < 1.29 is 18.7 Å². The van der Waals surface area contributed by atoms with Crippen LogP contribution in [0.15, 0.2) is 0 Å². The van der Waals surface area contributed by atoms with Gasteiger partial charge >= 0.3 is 0 Å². The van der Waals surface area contributed by atoms with Crippen LogP contribution < -0.4 is 10.6 Å². The summed E-state index contributed by atoms with van der Waals surface area (Å²) in [7, 11) is 0. The van der Waals surface area contributed by atoms with Crippen LogP contribution in [0, 0.1) is 0 Å². The zero-order chi connectivity index (χ0) is 13.8. The van der Waals surface area contributed by atoms with Crippen LogP contribution in [0.4, 0.5) is 9.18 Å². The van der Waals surface area contributed by atoms with E-state index < -0.39 is 11.4 Å². The molecule has 0 aliphatic heterocycles. The van der Waals surface area contributed by atoms with Crippen molar-refractivity contribution in [1.29, 1.82) is 0 Å². The maximum atomic E-state index is 13.1. The van der Waals surface area contributed by atoms with Gasteiger partial charge in [0.25, 0.3) is 5.24 Å². The molecule has 108 valence electrons. The third-order valence-electron chi connectivity index (χ3n) is 1.94. The van der Waals surface area contributed by atoms with E-state index in [4.69, 9.17) is 9.47 Å². The third-order valence-corrected chi connectivity index (χ3v) is 2.10. The highest BCUT2D eigenvalue weighted by molar-refractivity contribution is 7.96. The minimum atomic E-state index is -1.22. The van der Waals surface area contributed by atoms with Crippen LogP contribution in [-0.4, -0.2) is 57.0 Å². The molecule has 0 bridgehead atoms. The summed E-state index contributed by atoms with van der Waals surface area (Å²) < 4.78 is 23.4. The number of amides is 1. The zero-order valence-electron chi connectivity index (χ0n) is 10.9. The number of hydrogen-bond donors (Lipinski definition) is 3. The number of nitrogens with one attached hydrogen (secondary N) is 2. The molecule has 0 aliphatic carbocycles. The van der Waals surface area contributed by atoms with Gasteiger partial charge in [0.15, 0.2) is 0 Å². The number of alkyl halides is 1. The monoisotopic (exact) mass is 282 g/mol. The van der Waals surface area contributed by atoms with Crippen molar-refractivity contribution in [3.05, 3.63) is 0 Å². The van der Waals surface area contributed by atoms with E-state index in [0.29, 0.717) is 25.9 Å². The highest BCUT2D eigenvalue weighted by Crippen LogP contribution is 1.91. The Labute approximate surface area is 113 Å². The number of thiol groups is 1. The van der Waals surface area contributed by atoms with Crippen LogP contribution in [0.3, 0.4) is 0 Å². The van der Waals surface area contributed by atoms with Gasteiger partial charge in [-0.15, -0.1) is 0 Å². The van der Waals surface area contributed by atoms with Gasteiger partial charge in [-0.1, -0.05) is 26.5 Å². The average Bonchev–Trinajstić information content (AvgIpc) is 2.29. The SMILES string of the molecule is CC(C)NCCOCCOCC(F)CNC(=O)S. The molecule has 0 spiro atoms. The molecular formula is C11H23FN2O3S. The van der Waals surface area contributed by atoms with Crippen LogP contribution in [0.1, 0.15) is 13.8 Å². The summed E-state index contributed by atoms with van der Waals surface area (Å²) in [6.45, 7) is 6.17. The minimum Gasteiger partial charge on any atom is -0.378 e. The molecule has 1 amide bonds. The molecule has 0 aromatic carbocycles. The van der Waals surface area contributed by atoms with Gasteiger partial charge in [0.2, 0.25) is 0 Å². The highest BCUT2D eigenvalue weighted by atomic mass is 32.1. The molecule has 1 unspecified atom stereocenters. The summed E-state index contributed by atoms with van der Waals surface area (Å²) in [4.78, 5) is 10.4. The lowest BCUT2D eigenvalue weighted by Gasteiger charge is -2.10. The van der Waals surface area contributed by atoms with Gasteiger partial charge in [-0.3, -0.25) is 4.79 Å². The number of hydrogen-bond acceptors (Lipinski definition) is 4. The second kappa shape index (κ2) is 11.7. The Balaban J connectivity index is 3.17. The van der Waals surface area contributed by atoms with Gasteiger partial charge in [0.05, 0.1) is 33.0 Å². The van der Waals surface area contributed by atoms with Crippen molar-refractivity contribution in [1.82, 2.24) is 10.6 Å². The molecule has 2 N–H and O–H groups in total. The molecule has 0 fully saturated rings. The van der Waals surface area contributed by atoms with E-state index in [-0.39, 0.29) is 13.2 Å². The smallest absolute Gasteiger partial charge is 0.276 e. The molecule has 0 aromatic heterocycles. The van der Waals surface area contributed by atoms with Crippen molar-refractivity contribution in [2.24, 2.45) is 0 Å². The number of halogens is 1. The highest BCUT2D eigenvalue weighted by Gasteiger charge is 2.06. The molecule has 0 aliphatic rings.